The molecule has 0 saturated carbocycles. The number of halogens is 2. The van der Waals surface area contributed by atoms with E-state index in [1.165, 1.54) is 28.4 Å². The topological polar surface area (TPSA) is 108 Å². The molecular formula is C19H14Br2N6O3S. The van der Waals surface area contributed by atoms with Gasteiger partial charge in [-0.2, -0.15) is 10.2 Å². The van der Waals surface area contributed by atoms with Crippen molar-refractivity contribution in [3.63, 3.8) is 0 Å². The predicted molar refractivity (Wildman–Crippen MR) is 123 cm³/mol. The van der Waals surface area contributed by atoms with E-state index in [0.29, 0.717) is 28.3 Å². The van der Waals surface area contributed by atoms with E-state index in [2.05, 4.69) is 47.4 Å². The Hall–Kier alpha value is -2.83. The summed E-state index contributed by atoms with van der Waals surface area (Å²) < 4.78 is 4.89. The highest BCUT2D eigenvalue weighted by atomic mass is 79.9. The summed E-state index contributed by atoms with van der Waals surface area (Å²) in [5.74, 6) is 0.150. The van der Waals surface area contributed by atoms with Gasteiger partial charge >= 0.3 is 5.69 Å². The molecule has 0 radical (unpaired) electrons. The number of nitro groups is 1. The number of amides is 1. The fourth-order valence-electron chi connectivity index (χ4n) is 2.81. The molecule has 0 fully saturated rings. The van der Waals surface area contributed by atoms with Gasteiger partial charge in [-0.1, -0.05) is 28.1 Å². The van der Waals surface area contributed by atoms with Crippen molar-refractivity contribution in [3.05, 3.63) is 89.4 Å². The number of carbonyl (C=O) groups is 1. The summed E-state index contributed by atoms with van der Waals surface area (Å²) in [6, 6.07) is 9.66. The maximum Gasteiger partial charge on any atom is 0.307 e. The van der Waals surface area contributed by atoms with Gasteiger partial charge in [-0.15, -0.1) is 11.3 Å². The van der Waals surface area contributed by atoms with Crippen molar-refractivity contribution in [1.29, 1.82) is 0 Å². The largest absolute Gasteiger partial charge is 0.307 e. The van der Waals surface area contributed by atoms with Crippen molar-refractivity contribution < 1.29 is 9.72 Å². The summed E-state index contributed by atoms with van der Waals surface area (Å²) in [7, 11) is 0. The van der Waals surface area contributed by atoms with Crippen LogP contribution in [0.1, 0.15) is 20.8 Å². The van der Waals surface area contributed by atoms with Crippen molar-refractivity contribution in [2.45, 2.75) is 13.1 Å². The van der Waals surface area contributed by atoms with Crippen LogP contribution in [0.2, 0.25) is 0 Å². The molecule has 9 nitrogen and oxygen atoms in total. The first-order valence-electron chi connectivity index (χ1n) is 8.90. The Labute approximate surface area is 197 Å². The molecule has 1 N–H and O–H groups in total. The van der Waals surface area contributed by atoms with Gasteiger partial charge in [0.25, 0.3) is 5.91 Å². The zero-order valence-corrected chi connectivity index (χ0v) is 19.7. The zero-order chi connectivity index (χ0) is 22.0. The van der Waals surface area contributed by atoms with Crippen molar-refractivity contribution >= 4 is 60.6 Å². The lowest BCUT2D eigenvalue weighted by molar-refractivity contribution is -0.385. The number of hydrogen-bond donors (Lipinski definition) is 1. The third kappa shape index (κ3) is 5.27. The molecule has 0 aliphatic rings. The van der Waals surface area contributed by atoms with Crippen LogP contribution in [0.25, 0.3) is 0 Å². The second-order valence-electron chi connectivity index (χ2n) is 6.58. The summed E-state index contributed by atoms with van der Waals surface area (Å²) in [5.41, 5.74) is 1.84. The Bertz CT molecular complexity index is 1250. The van der Waals surface area contributed by atoms with Crippen LogP contribution >= 0.6 is 43.2 Å². The Morgan fingerprint density at radius 2 is 1.87 bits per heavy atom. The molecule has 158 valence electrons. The summed E-state index contributed by atoms with van der Waals surface area (Å²) in [4.78, 5) is 23.4. The van der Waals surface area contributed by atoms with Crippen LogP contribution < -0.4 is 5.32 Å². The molecule has 0 atom stereocenters. The highest BCUT2D eigenvalue weighted by Gasteiger charge is 2.15. The number of nitrogens with zero attached hydrogens (tertiary/aromatic N) is 5. The lowest BCUT2D eigenvalue weighted by atomic mass is 10.2. The summed E-state index contributed by atoms with van der Waals surface area (Å²) >= 11 is 8.14. The number of benzene rings is 1. The van der Waals surface area contributed by atoms with Crippen LogP contribution in [-0.4, -0.2) is 30.4 Å². The molecule has 3 aromatic heterocycles. The van der Waals surface area contributed by atoms with Gasteiger partial charge in [-0.3, -0.25) is 24.3 Å². The van der Waals surface area contributed by atoms with E-state index < -0.39 is 4.92 Å². The maximum absolute atomic E-state index is 12.6. The first-order valence-corrected chi connectivity index (χ1v) is 11.4. The third-order valence-electron chi connectivity index (χ3n) is 4.26. The summed E-state index contributed by atoms with van der Waals surface area (Å²) in [5, 5.41) is 23.8. The standard InChI is InChI=1S/C19H14Br2N6O3S/c20-14-3-1-12(2-4-14)7-26-10-16(21)18(24-26)23-19(28)17-5-13(11-31-17)8-25-9-15(6-22-25)27(29)30/h1-6,9-11H,7-8H2,(H,23,24,28). The molecule has 0 spiro atoms. The Morgan fingerprint density at radius 1 is 1.13 bits per heavy atom. The number of carbonyl (C=O) groups excluding carboxylic acids is 1. The van der Waals surface area contributed by atoms with E-state index in [0.717, 1.165) is 15.6 Å². The molecule has 4 rings (SSSR count). The van der Waals surface area contributed by atoms with Crippen LogP contribution in [0.4, 0.5) is 11.5 Å². The first-order chi connectivity index (χ1) is 14.9. The van der Waals surface area contributed by atoms with E-state index in [9.17, 15) is 14.9 Å². The Balaban J connectivity index is 1.40. The lowest BCUT2D eigenvalue weighted by Crippen LogP contribution is -2.12. The van der Waals surface area contributed by atoms with Gasteiger partial charge < -0.3 is 5.32 Å². The van der Waals surface area contributed by atoms with Crippen LogP contribution in [0.3, 0.4) is 0 Å². The number of aromatic nitrogens is 4. The molecule has 12 heteroatoms. The molecular weight excluding hydrogens is 552 g/mol. The highest BCUT2D eigenvalue weighted by Crippen LogP contribution is 2.24. The van der Waals surface area contributed by atoms with E-state index in [4.69, 9.17) is 0 Å². The van der Waals surface area contributed by atoms with Gasteiger partial charge in [0.05, 0.1) is 27.4 Å². The molecule has 0 unspecified atom stereocenters. The molecule has 0 aliphatic heterocycles. The minimum atomic E-state index is -0.496. The van der Waals surface area contributed by atoms with E-state index in [1.807, 2.05) is 35.8 Å². The number of anilines is 1. The Morgan fingerprint density at radius 3 is 2.58 bits per heavy atom. The van der Waals surface area contributed by atoms with Gasteiger partial charge in [0.1, 0.15) is 12.4 Å². The third-order valence-corrected chi connectivity index (χ3v) is 6.35. The van der Waals surface area contributed by atoms with Crippen molar-refractivity contribution in [1.82, 2.24) is 19.6 Å². The quantitative estimate of drug-likeness (QED) is 0.253. The van der Waals surface area contributed by atoms with Gasteiger partial charge in [-0.25, -0.2) is 0 Å². The maximum atomic E-state index is 12.6. The van der Waals surface area contributed by atoms with Crippen LogP contribution in [0.15, 0.2) is 63.2 Å². The minimum absolute atomic E-state index is 0.0724. The van der Waals surface area contributed by atoms with Crippen LogP contribution in [-0.2, 0) is 13.1 Å². The van der Waals surface area contributed by atoms with Crippen molar-refractivity contribution in [3.8, 4) is 0 Å². The van der Waals surface area contributed by atoms with Gasteiger partial charge in [-0.05, 0) is 50.6 Å². The molecule has 31 heavy (non-hydrogen) atoms. The van der Waals surface area contributed by atoms with Crippen LogP contribution in [0.5, 0.6) is 0 Å². The monoisotopic (exact) mass is 564 g/mol. The highest BCUT2D eigenvalue weighted by molar-refractivity contribution is 9.10. The number of rotatable bonds is 7. The predicted octanol–water partition coefficient (Wildman–Crippen LogP) is 4.92. The molecule has 3 heterocycles. The molecule has 1 amide bonds. The molecule has 1 aromatic carbocycles. The number of thiophene rings is 1. The molecule has 0 bridgehead atoms. The molecule has 0 saturated heterocycles. The first kappa shape index (κ1) is 21.4. The summed E-state index contributed by atoms with van der Waals surface area (Å²) in [6.07, 6.45) is 4.36. The van der Waals surface area contributed by atoms with Gasteiger partial charge in [0.2, 0.25) is 0 Å². The van der Waals surface area contributed by atoms with E-state index in [-0.39, 0.29) is 11.6 Å². The summed E-state index contributed by atoms with van der Waals surface area (Å²) in [6.45, 7) is 0.907. The SMILES string of the molecule is O=C(Nc1nn(Cc2ccc(Br)cc2)cc1Br)c1cc(Cn2cc([N+](=O)[O-])cn2)cs1. The van der Waals surface area contributed by atoms with E-state index in [1.54, 1.807) is 10.7 Å². The number of nitrogens with one attached hydrogen (secondary N) is 1. The average Bonchev–Trinajstić information content (AvgIpc) is 3.45. The normalized spacial score (nSPS) is 10.9. The van der Waals surface area contributed by atoms with Gasteiger partial charge in [0, 0.05) is 10.7 Å². The zero-order valence-electron chi connectivity index (χ0n) is 15.7. The molecule has 4 aromatic rings. The second-order valence-corrected chi connectivity index (χ2v) is 9.26. The van der Waals surface area contributed by atoms with Crippen molar-refractivity contribution in [2.24, 2.45) is 0 Å². The fraction of sp³-hybridized carbons (Fsp3) is 0.105. The Kier molecular flexibility index (Phi) is 6.30. The smallest absolute Gasteiger partial charge is 0.303 e. The molecule has 0 aliphatic carbocycles. The average molecular weight is 566 g/mol. The lowest BCUT2D eigenvalue weighted by Gasteiger charge is -2.02. The van der Waals surface area contributed by atoms with Crippen LogP contribution in [0, 0.1) is 10.1 Å². The second kappa shape index (κ2) is 9.12. The minimum Gasteiger partial charge on any atom is -0.303 e. The fourth-order valence-corrected chi connectivity index (χ4v) is 4.28. The van der Waals surface area contributed by atoms with Gasteiger partial charge in [0.15, 0.2) is 5.82 Å². The number of hydrogen-bond acceptors (Lipinski definition) is 6. The van der Waals surface area contributed by atoms with E-state index >= 15 is 0 Å². The van der Waals surface area contributed by atoms with Crippen molar-refractivity contribution in [2.75, 3.05) is 5.32 Å².